The van der Waals surface area contributed by atoms with Crippen molar-refractivity contribution in [3.05, 3.63) is 29.2 Å². The average molecular weight is 334 g/mol. The molecule has 1 fully saturated rings. The number of hydrogen-bond donors (Lipinski definition) is 1. The molecule has 9 heteroatoms. The zero-order valence-electron chi connectivity index (χ0n) is 14.2. The first-order valence-corrected chi connectivity index (χ1v) is 7.92. The van der Waals surface area contributed by atoms with Crippen molar-refractivity contribution in [2.75, 3.05) is 26.8 Å². The smallest absolute Gasteiger partial charge is 0.317 e. The molecule has 2 amide bonds. The van der Waals surface area contributed by atoms with Crippen LogP contribution in [-0.2, 0) is 17.7 Å². The van der Waals surface area contributed by atoms with Crippen molar-refractivity contribution >= 4 is 6.03 Å². The summed E-state index contributed by atoms with van der Waals surface area (Å²) in [4.78, 5) is 18.1. The van der Waals surface area contributed by atoms with Gasteiger partial charge in [0.1, 0.15) is 0 Å². The van der Waals surface area contributed by atoms with E-state index in [2.05, 4.69) is 20.6 Å². The van der Waals surface area contributed by atoms with E-state index < -0.39 is 0 Å². The number of carbonyl (C=O) groups is 1. The fraction of sp³-hybridized carbons (Fsp3) is 0.600. The number of hydrogen-bond acceptors (Lipinski definition) is 6. The Bertz CT molecular complexity index is 704. The molecule has 1 N–H and O–H groups in total. The Kier molecular flexibility index (Phi) is 4.79. The molecule has 3 rings (SSSR count). The van der Waals surface area contributed by atoms with Crippen molar-refractivity contribution in [2.45, 2.75) is 32.9 Å². The van der Waals surface area contributed by atoms with Gasteiger partial charge in [-0.3, -0.25) is 4.68 Å². The SMILES string of the molecule is COCCc1nc(CNC(=O)N2CC(n3nc(C)cc3C)C2)no1. The number of likely N-dealkylation sites (tertiary alicyclic amines) is 1. The number of methoxy groups -OCH3 is 1. The monoisotopic (exact) mass is 334 g/mol. The summed E-state index contributed by atoms with van der Waals surface area (Å²) in [6, 6.07) is 2.16. The summed E-state index contributed by atoms with van der Waals surface area (Å²) in [5.74, 6) is 0.972. The number of rotatable bonds is 6. The van der Waals surface area contributed by atoms with Gasteiger partial charge in [0, 0.05) is 25.9 Å². The molecule has 0 radical (unpaired) electrons. The van der Waals surface area contributed by atoms with E-state index in [4.69, 9.17) is 9.26 Å². The number of carbonyl (C=O) groups excluding carboxylic acids is 1. The largest absolute Gasteiger partial charge is 0.384 e. The second-order valence-corrected chi connectivity index (χ2v) is 5.94. The first kappa shape index (κ1) is 16.4. The zero-order valence-corrected chi connectivity index (χ0v) is 14.2. The van der Waals surface area contributed by atoms with Gasteiger partial charge in [0.2, 0.25) is 5.89 Å². The maximum atomic E-state index is 12.1. The highest BCUT2D eigenvalue weighted by Crippen LogP contribution is 2.22. The second kappa shape index (κ2) is 7.00. The summed E-state index contributed by atoms with van der Waals surface area (Å²) < 4.78 is 12.0. The summed E-state index contributed by atoms with van der Waals surface area (Å²) >= 11 is 0. The van der Waals surface area contributed by atoms with E-state index in [9.17, 15) is 4.79 Å². The minimum absolute atomic E-state index is 0.129. The van der Waals surface area contributed by atoms with Gasteiger partial charge < -0.3 is 19.5 Å². The molecule has 0 bridgehead atoms. The lowest BCUT2D eigenvalue weighted by Crippen LogP contribution is -2.54. The number of urea groups is 1. The van der Waals surface area contributed by atoms with Crippen molar-refractivity contribution in [1.82, 2.24) is 30.1 Å². The highest BCUT2D eigenvalue weighted by atomic mass is 16.5. The molecule has 0 spiro atoms. The number of nitrogens with zero attached hydrogens (tertiary/aromatic N) is 5. The lowest BCUT2D eigenvalue weighted by molar-refractivity contribution is 0.116. The van der Waals surface area contributed by atoms with Crippen molar-refractivity contribution in [3.63, 3.8) is 0 Å². The van der Waals surface area contributed by atoms with E-state index >= 15 is 0 Å². The normalized spacial score (nSPS) is 14.7. The number of aromatic nitrogens is 4. The van der Waals surface area contributed by atoms with Crippen LogP contribution in [0.25, 0.3) is 0 Å². The highest BCUT2D eigenvalue weighted by molar-refractivity contribution is 5.75. The van der Waals surface area contributed by atoms with E-state index in [0.29, 0.717) is 37.8 Å². The van der Waals surface area contributed by atoms with Crippen LogP contribution in [0, 0.1) is 13.8 Å². The second-order valence-electron chi connectivity index (χ2n) is 5.94. The van der Waals surface area contributed by atoms with Gasteiger partial charge in [-0.05, 0) is 19.9 Å². The molecular weight excluding hydrogens is 312 g/mol. The molecular formula is C15H22N6O3. The molecule has 1 aliphatic heterocycles. The number of ether oxygens (including phenoxy) is 1. The van der Waals surface area contributed by atoms with E-state index in [1.54, 1.807) is 12.0 Å². The number of nitrogens with one attached hydrogen (secondary N) is 1. The molecule has 1 aliphatic rings. The predicted octanol–water partition coefficient (Wildman–Crippen LogP) is 0.838. The van der Waals surface area contributed by atoms with Crippen molar-refractivity contribution in [2.24, 2.45) is 0 Å². The molecule has 0 aliphatic carbocycles. The van der Waals surface area contributed by atoms with E-state index in [1.807, 2.05) is 24.6 Å². The number of amides is 2. The zero-order chi connectivity index (χ0) is 17.1. The fourth-order valence-corrected chi connectivity index (χ4v) is 2.71. The molecule has 2 aromatic heterocycles. The fourth-order valence-electron chi connectivity index (χ4n) is 2.71. The van der Waals surface area contributed by atoms with E-state index in [1.165, 1.54) is 0 Å². The lowest BCUT2D eigenvalue weighted by atomic mass is 10.1. The first-order valence-electron chi connectivity index (χ1n) is 7.92. The molecule has 0 saturated carbocycles. The van der Waals surface area contributed by atoms with Gasteiger partial charge in [0.25, 0.3) is 0 Å². The summed E-state index contributed by atoms with van der Waals surface area (Å²) in [7, 11) is 1.61. The molecule has 0 atom stereocenters. The molecule has 0 unspecified atom stereocenters. The van der Waals surface area contributed by atoms with Crippen molar-refractivity contribution in [1.29, 1.82) is 0 Å². The number of aryl methyl sites for hydroxylation is 2. The van der Waals surface area contributed by atoms with Crippen LogP contribution in [0.4, 0.5) is 4.79 Å². The Morgan fingerprint density at radius 3 is 2.92 bits per heavy atom. The third-order valence-corrected chi connectivity index (χ3v) is 3.97. The van der Waals surface area contributed by atoms with Gasteiger partial charge in [0.05, 0.1) is 31.3 Å². The van der Waals surface area contributed by atoms with Gasteiger partial charge in [-0.15, -0.1) is 0 Å². The van der Waals surface area contributed by atoms with Crippen LogP contribution in [-0.4, -0.2) is 57.7 Å². The van der Waals surface area contributed by atoms with Crippen LogP contribution < -0.4 is 5.32 Å². The lowest BCUT2D eigenvalue weighted by Gasteiger charge is -2.39. The molecule has 1 saturated heterocycles. The molecule has 0 aromatic carbocycles. The van der Waals surface area contributed by atoms with Crippen LogP contribution in [0.2, 0.25) is 0 Å². The highest BCUT2D eigenvalue weighted by Gasteiger charge is 2.33. The van der Waals surface area contributed by atoms with Crippen molar-refractivity contribution in [3.8, 4) is 0 Å². The van der Waals surface area contributed by atoms with Crippen molar-refractivity contribution < 1.29 is 14.1 Å². The molecule has 9 nitrogen and oxygen atoms in total. The average Bonchev–Trinajstić information content (AvgIpc) is 3.08. The van der Waals surface area contributed by atoms with Crippen LogP contribution >= 0.6 is 0 Å². The summed E-state index contributed by atoms with van der Waals surface area (Å²) in [5, 5.41) is 11.1. The van der Waals surface area contributed by atoms with Gasteiger partial charge in [-0.1, -0.05) is 5.16 Å². The molecule has 130 valence electrons. The maximum absolute atomic E-state index is 12.1. The molecule has 3 heterocycles. The van der Waals surface area contributed by atoms with E-state index in [0.717, 1.165) is 11.4 Å². The van der Waals surface area contributed by atoms with Crippen LogP contribution in [0.5, 0.6) is 0 Å². The minimum atomic E-state index is -0.129. The predicted molar refractivity (Wildman–Crippen MR) is 84.4 cm³/mol. The van der Waals surface area contributed by atoms with Gasteiger partial charge >= 0.3 is 6.03 Å². The quantitative estimate of drug-likeness (QED) is 0.840. The summed E-state index contributed by atoms with van der Waals surface area (Å²) in [5.41, 5.74) is 2.12. The Balaban J connectivity index is 1.44. The van der Waals surface area contributed by atoms with Gasteiger partial charge in [0.15, 0.2) is 5.82 Å². The topological polar surface area (TPSA) is 98.3 Å². The first-order chi connectivity index (χ1) is 11.6. The summed E-state index contributed by atoms with van der Waals surface area (Å²) in [6.45, 7) is 6.07. The maximum Gasteiger partial charge on any atom is 0.317 e. The Morgan fingerprint density at radius 1 is 1.46 bits per heavy atom. The molecule has 2 aromatic rings. The van der Waals surface area contributed by atoms with Gasteiger partial charge in [-0.25, -0.2) is 4.79 Å². The summed E-state index contributed by atoms with van der Waals surface area (Å²) in [6.07, 6.45) is 0.563. The van der Waals surface area contributed by atoms with Crippen LogP contribution in [0.3, 0.4) is 0 Å². The van der Waals surface area contributed by atoms with E-state index in [-0.39, 0.29) is 18.6 Å². The van der Waals surface area contributed by atoms with Crippen LogP contribution in [0.1, 0.15) is 29.1 Å². The standard InChI is InChI=1S/C15H22N6O3/c1-10-6-11(2)21(18-10)12-8-20(9-12)15(22)16-7-13-17-14(24-19-13)4-5-23-3/h6,12H,4-5,7-9H2,1-3H3,(H,16,22). The Hall–Kier alpha value is -2.42. The third-order valence-electron chi connectivity index (χ3n) is 3.97. The Labute approximate surface area is 140 Å². The van der Waals surface area contributed by atoms with Crippen LogP contribution in [0.15, 0.2) is 10.6 Å². The third kappa shape index (κ3) is 3.56. The van der Waals surface area contributed by atoms with Gasteiger partial charge in [-0.2, -0.15) is 10.1 Å². The minimum Gasteiger partial charge on any atom is -0.384 e. The molecule has 24 heavy (non-hydrogen) atoms. The Morgan fingerprint density at radius 2 is 2.25 bits per heavy atom.